The molecule has 112 valence electrons. The molecule has 0 amide bonds. The molecule has 1 unspecified atom stereocenters. The molecule has 0 heterocycles. The Labute approximate surface area is 120 Å². The summed E-state index contributed by atoms with van der Waals surface area (Å²) in [7, 11) is 1.34. The summed E-state index contributed by atoms with van der Waals surface area (Å²) in [5.41, 5.74) is -1.82. The summed E-state index contributed by atoms with van der Waals surface area (Å²) in [6, 6.07) is 6.07. The van der Waals surface area contributed by atoms with Crippen molar-refractivity contribution in [2.45, 2.75) is 24.9 Å². The topological polar surface area (TPSA) is 26.3 Å². The number of rotatable bonds is 3. The van der Waals surface area contributed by atoms with Crippen molar-refractivity contribution >= 4 is 5.78 Å². The van der Waals surface area contributed by atoms with Gasteiger partial charge in [-0.05, 0) is 19.4 Å². The minimum absolute atomic E-state index is 0.0510. The first kappa shape index (κ1) is 15.4. The minimum Gasteiger partial charge on any atom is -0.496 e. The highest BCUT2D eigenvalue weighted by Crippen LogP contribution is 2.50. The Morgan fingerprint density at radius 3 is 2.43 bits per heavy atom. The highest BCUT2D eigenvalue weighted by Gasteiger charge is 2.55. The molecule has 0 saturated heterocycles. The van der Waals surface area contributed by atoms with Crippen LogP contribution in [0.4, 0.5) is 13.2 Å². The smallest absolute Gasteiger partial charge is 0.402 e. The second-order valence-electron chi connectivity index (χ2n) is 4.92. The molecule has 0 N–H and O–H groups in total. The average molecular weight is 296 g/mol. The fourth-order valence-electron chi connectivity index (χ4n) is 2.48. The molecule has 0 bridgehead atoms. The third-order valence-corrected chi connectivity index (χ3v) is 3.69. The van der Waals surface area contributed by atoms with Crippen LogP contribution in [0.15, 0.2) is 48.1 Å². The van der Waals surface area contributed by atoms with Crippen molar-refractivity contribution in [2.24, 2.45) is 0 Å². The van der Waals surface area contributed by atoms with Gasteiger partial charge >= 0.3 is 6.18 Å². The summed E-state index contributed by atoms with van der Waals surface area (Å²) < 4.78 is 46.2. The number of carbonyl (C=O) groups excluding carboxylic acids is 1. The molecular formula is C16H15F3O2. The molecule has 0 spiro atoms. The van der Waals surface area contributed by atoms with Crippen LogP contribution in [0, 0.1) is 0 Å². The second-order valence-corrected chi connectivity index (χ2v) is 4.92. The van der Waals surface area contributed by atoms with Gasteiger partial charge in [0.05, 0.1) is 7.11 Å². The highest BCUT2D eigenvalue weighted by atomic mass is 19.4. The molecule has 0 saturated carbocycles. The molecule has 1 aliphatic rings. The van der Waals surface area contributed by atoms with Crippen molar-refractivity contribution in [2.75, 3.05) is 7.11 Å². The highest BCUT2D eigenvalue weighted by molar-refractivity contribution is 5.96. The van der Waals surface area contributed by atoms with Crippen molar-refractivity contribution in [1.29, 1.82) is 0 Å². The zero-order valence-corrected chi connectivity index (χ0v) is 11.7. The van der Waals surface area contributed by atoms with Crippen LogP contribution in [-0.2, 0) is 10.2 Å². The lowest BCUT2D eigenvalue weighted by Gasteiger charge is -2.35. The summed E-state index contributed by atoms with van der Waals surface area (Å²) in [5, 5.41) is 0. The Hall–Kier alpha value is -2.04. The van der Waals surface area contributed by atoms with E-state index < -0.39 is 11.6 Å². The minimum atomic E-state index is -4.49. The lowest BCUT2D eigenvalue weighted by molar-refractivity contribution is -0.176. The Morgan fingerprint density at radius 2 is 1.95 bits per heavy atom. The zero-order chi connectivity index (χ0) is 15.7. The Bertz CT molecular complexity index is 614. The normalized spacial score (nSPS) is 21.9. The van der Waals surface area contributed by atoms with Gasteiger partial charge < -0.3 is 4.74 Å². The fourth-order valence-corrected chi connectivity index (χ4v) is 2.48. The number of halogens is 3. The number of carbonyl (C=O) groups is 1. The molecule has 1 aromatic rings. The maximum Gasteiger partial charge on any atom is 0.402 e. The fraction of sp³-hybridized carbons (Fsp3) is 0.312. The molecule has 0 fully saturated rings. The van der Waals surface area contributed by atoms with E-state index in [1.165, 1.54) is 38.3 Å². The van der Waals surface area contributed by atoms with Crippen molar-refractivity contribution in [3.63, 3.8) is 0 Å². The van der Waals surface area contributed by atoms with E-state index in [0.29, 0.717) is 5.57 Å². The van der Waals surface area contributed by atoms with Gasteiger partial charge in [-0.25, -0.2) is 0 Å². The van der Waals surface area contributed by atoms with E-state index in [-0.39, 0.29) is 23.5 Å². The summed E-state index contributed by atoms with van der Waals surface area (Å²) in [4.78, 5) is 11.3. The first-order valence-corrected chi connectivity index (χ1v) is 6.42. The van der Waals surface area contributed by atoms with Gasteiger partial charge in [0.2, 0.25) is 0 Å². The largest absolute Gasteiger partial charge is 0.496 e. The van der Waals surface area contributed by atoms with Crippen molar-refractivity contribution < 1.29 is 22.7 Å². The maximum atomic E-state index is 13.7. The molecule has 21 heavy (non-hydrogen) atoms. The van der Waals surface area contributed by atoms with Gasteiger partial charge in [-0.3, -0.25) is 4.79 Å². The van der Waals surface area contributed by atoms with Crippen LogP contribution in [0.25, 0.3) is 0 Å². The molecule has 1 atom stereocenters. The van der Waals surface area contributed by atoms with Crippen molar-refractivity contribution in [3.8, 4) is 5.75 Å². The van der Waals surface area contributed by atoms with Crippen LogP contribution in [0.2, 0.25) is 0 Å². The van der Waals surface area contributed by atoms with E-state index >= 15 is 0 Å². The van der Waals surface area contributed by atoms with Crippen LogP contribution in [-0.4, -0.2) is 19.1 Å². The Kier molecular flexibility index (Phi) is 3.94. The number of allylic oxidation sites excluding steroid dienone is 4. The van der Waals surface area contributed by atoms with Crippen LogP contribution in [0.3, 0.4) is 0 Å². The van der Waals surface area contributed by atoms with Crippen molar-refractivity contribution in [1.82, 2.24) is 0 Å². The molecular weight excluding hydrogens is 281 g/mol. The third-order valence-electron chi connectivity index (χ3n) is 3.69. The lowest BCUT2D eigenvalue weighted by Crippen LogP contribution is -2.41. The van der Waals surface area contributed by atoms with E-state index in [0.717, 1.165) is 6.08 Å². The number of benzene rings is 1. The van der Waals surface area contributed by atoms with E-state index in [1.807, 2.05) is 0 Å². The van der Waals surface area contributed by atoms with Crippen LogP contribution < -0.4 is 4.74 Å². The zero-order valence-electron chi connectivity index (χ0n) is 11.7. The Morgan fingerprint density at radius 1 is 1.29 bits per heavy atom. The van der Waals surface area contributed by atoms with Crippen LogP contribution in [0.1, 0.15) is 18.9 Å². The van der Waals surface area contributed by atoms with Gasteiger partial charge in [-0.15, -0.1) is 0 Å². The number of ether oxygens (including phenoxy) is 1. The van der Waals surface area contributed by atoms with Crippen LogP contribution >= 0.6 is 0 Å². The number of methoxy groups -OCH3 is 1. The second kappa shape index (κ2) is 5.39. The van der Waals surface area contributed by atoms with E-state index in [1.54, 1.807) is 12.1 Å². The standard InChI is InChI=1S/C16H15F3O2/c1-11(20)12-7-9-15(10-8-12,16(17,18)19)13-5-3-4-6-14(13)21-2/h3-9H,10H2,1-2H3. The van der Waals surface area contributed by atoms with Gasteiger partial charge in [0.1, 0.15) is 11.2 Å². The predicted molar refractivity (Wildman–Crippen MR) is 73.2 cm³/mol. The Balaban J connectivity index is 2.57. The summed E-state index contributed by atoms with van der Waals surface area (Å²) in [6.07, 6.45) is -1.17. The maximum absolute atomic E-state index is 13.7. The summed E-state index contributed by atoms with van der Waals surface area (Å²) in [6.45, 7) is 1.33. The lowest BCUT2D eigenvalue weighted by atomic mass is 9.73. The van der Waals surface area contributed by atoms with E-state index in [2.05, 4.69) is 0 Å². The van der Waals surface area contributed by atoms with Gasteiger partial charge in [0.25, 0.3) is 0 Å². The molecule has 1 aliphatic carbocycles. The number of Topliss-reactive ketones (excluding diaryl/α,β-unsaturated/α-hetero) is 1. The first-order valence-electron chi connectivity index (χ1n) is 6.42. The number of alkyl halides is 3. The molecule has 0 aromatic heterocycles. The number of ketones is 1. The molecule has 0 aliphatic heterocycles. The van der Waals surface area contributed by atoms with Gasteiger partial charge in [-0.1, -0.05) is 36.4 Å². The van der Waals surface area contributed by atoms with Gasteiger partial charge in [-0.2, -0.15) is 13.2 Å². The van der Waals surface area contributed by atoms with Gasteiger partial charge in [0.15, 0.2) is 5.78 Å². The number of hydrogen-bond donors (Lipinski definition) is 0. The van der Waals surface area contributed by atoms with Crippen LogP contribution in [0.5, 0.6) is 5.75 Å². The summed E-state index contributed by atoms with van der Waals surface area (Å²) in [5.74, 6) is -0.0683. The first-order chi connectivity index (χ1) is 9.82. The van der Waals surface area contributed by atoms with Crippen molar-refractivity contribution in [3.05, 3.63) is 53.6 Å². The monoisotopic (exact) mass is 296 g/mol. The molecule has 2 rings (SSSR count). The average Bonchev–Trinajstić information content (AvgIpc) is 2.46. The molecule has 2 nitrogen and oxygen atoms in total. The van der Waals surface area contributed by atoms with E-state index in [4.69, 9.17) is 4.74 Å². The quantitative estimate of drug-likeness (QED) is 0.843. The number of para-hydroxylation sites is 1. The van der Waals surface area contributed by atoms with Gasteiger partial charge in [0, 0.05) is 11.1 Å². The molecule has 0 radical (unpaired) electrons. The summed E-state index contributed by atoms with van der Waals surface area (Å²) >= 11 is 0. The molecule has 5 heteroatoms. The van der Waals surface area contributed by atoms with E-state index in [9.17, 15) is 18.0 Å². The number of hydrogen-bond acceptors (Lipinski definition) is 2. The predicted octanol–water partition coefficient (Wildman–Crippen LogP) is 3.97. The molecule has 1 aromatic carbocycles. The SMILES string of the molecule is COc1ccccc1C1(C(F)(F)F)C=CC(C(C)=O)=CC1. The third kappa shape index (κ3) is 2.60.